The van der Waals surface area contributed by atoms with E-state index in [-0.39, 0.29) is 17.9 Å². The number of thioether (sulfide) groups is 1. The molecule has 0 saturated carbocycles. The van der Waals surface area contributed by atoms with Gasteiger partial charge < -0.3 is 14.5 Å². The average Bonchev–Trinajstić information content (AvgIpc) is 3.04. The lowest BCUT2D eigenvalue weighted by molar-refractivity contribution is -0.134. The third kappa shape index (κ3) is 3.38. The van der Waals surface area contributed by atoms with Gasteiger partial charge in [-0.15, -0.1) is 11.8 Å². The van der Waals surface area contributed by atoms with Crippen molar-refractivity contribution in [3.8, 4) is 5.75 Å². The summed E-state index contributed by atoms with van der Waals surface area (Å²) in [5, 5.41) is 0. The van der Waals surface area contributed by atoms with Crippen LogP contribution in [0.4, 0.5) is 0 Å². The van der Waals surface area contributed by atoms with E-state index in [2.05, 4.69) is 0 Å². The lowest BCUT2D eigenvalue weighted by Crippen LogP contribution is -2.48. The zero-order chi connectivity index (χ0) is 16.1. The van der Waals surface area contributed by atoms with Crippen molar-refractivity contribution < 1.29 is 14.3 Å². The number of rotatable bonds is 5. The first-order chi connectivity index (χ1) is 10.6. The molecule has 0 bridgehead atoms. The molecular weight excluding hydrogens is 300 g/mol. The Kier molecular flexibility index (Phi) is 5.71. The highest BCUT2D eigenvalue weighted by Gasteiger charge is 2.36. The first kappa shape index (κ1) is 16.7. The van der Waals surface area contributed by atoms with Crippen molar-refractivity contribution in [2.24, 2.45) is 0 Å². The number of carbonyl (C=O) groups excluding carboxylic acids is 2. The largest absolute Gasteiger partial charge is 0.497 e. The number of nitrogens with zero attached hydrogens (tertiary/aromatic N) is 2. The van der Waals surface area contributed by atoms with Crippen molar-refractivity contribution in [2.75, 3.05) is 31.8 Å². The average molecular weight is 322 g/mol. The molecule has 1 aromatic rings. The highest BCUT2D eigenvalue weighted by molar-refractivity contribution is 7.99. The minimum Gasteiger partial charge on any atom is -0.497 e. The molecule has 1 atom stereocenters. The number of amides is 2. The Morgan fingerprint density at radius 3 is 2.73 bits per heavy atom. The summed E-state index contributed by atoms with van der Waals surface area (Å²) in [6.07, 6.45) is 0. The zero-order valence-electron chi connectivity index (χ0n) is 13.2. The van der Waals surface area contributed by atoms with Crippen molar-refractivity contribution >= 4 is 23.6 Å². The van der Waals surface area contributed by atoms with Crippen LogP contribution < -0.4 is 4.74 Å². The highest BCUT2D eigenvalue weighted by Crippen LogP contribution is 2.25. The zero-order valence-corrected chi connectivity index (χ0v) is 14.1. The molecule has 5 nitrogen and oxygen atoms in total. The Morgan fingerprint density at radius 1 is 1.36 bits per heavy atom. The van der Waals surface area contributed by atoms with E-state index in [1.54, 1.807) is 52.9 Å². The van der Waals surface area contributed by atoms with E-state index in [0.29, 0.717) is 36.0 Å². The standard InChI is InChI=1S/C16H22N2O3S/c1-4-17(5-2)16(20)14-10-22-11-18(14)15(19)12-7-6-8-13(9-12)21-3/h6-9,14H,4-5,10-11H2,1-3H3. The summed E-state index contributed by atoms with van der Waals surface area (Å²) in [6.45, 7) is 5.24. The van der Waals surface area contributed by atoms with Crippen molar-refractivity contribution in [3.05, 3.63) is 29.8 Å². The summed E-state index contributed by atoms with van der Waals surface area (Å²) < 4.78 is 5.16. The molecule has 1 heterocycles. The SMILES string of the molecule is CCN(CC)C(=O)C1CSCN1C(=O)c1cccc(OC)c1. The predicted molar refractivity (Wildman–Crippen MR) is 88.2 cm³/mol. The van der Waals surface area contributed by atoms with Gasteiger partial charge in [0.2, 0.25) is 5.91 Å². The van der Waals surface area contributed by atoms with Crippen LogP contribution in [0.25, 0.3) is 0 Å². The normalized spacial score (nSPS) is 17.4. The molecule has 1 fully saturated rings. The molecule has 0 aliphatic carbocycles. The van der Waals surface area contributed by atoms with Gasteiger partial charge in [0.05, 0.1) is 13.0 Å². The van der Waals surface area contributed by atoms with Gasteiger partial charge in [-0.05, 0) is 32.0 Å². The van der Waals surface area contributed by atoms with E-state index >= 15 is 0 Å². The van der Waals surface area contributed by atoms with Gasteiger partial charge in [0.1, 0.15) is 11.8 Å². The Balaban J connectivity index is 2.19. The number of carbonyl (C=O) groups is 2. The third-order valence-electron chi connectivity index (χ3n) is 3.82. The third-order valence-corrected chi connectivity index (χ3v) is 4.83. The quantitative estimate of drug-likeness (QED) is 0.833. The summed E-state index contributed by atoms with van der Waals surface area (Å²) in [4.78, 5) is 28.7. The van der Waals surface area contributed by atoms with Gasteiger partial charge in [0, 0.05) is 24.4 Å². The molecule has 120 valence electrons. The minimum atomic E-state index is -0.372. The van der Waals surface area contributed by atoms with Crippen LogP contribution in [0.2, 0.25) is 0 Å². The summed E-state index contributed by atoms with van der Waals surface area (Å²) in [6, 6.07) is 6.69. The van der Waals surface area contributed by atoms with E-state index in [1.165, 1.54) is 0 Å². The monoisotopic (exact) mass is 322 g/mol. The molecule has 1 unspecified atom stereocenters. The first-order valence-corrected chi connectivity index (χ1v) is 8.59. The maximum atomic E-state index is 12.7. The van der Waals surface area contributed by atoms with Crippen LogP contribution >= 0.6 is 11.8 Å². The molecule has 0 N–H and O–H groups in total. The van der Waals surface area contributed by atoms with Crippen LogP contribution in [0.15, 0.2) is 24.3 Å². The fraction of sp³-hybridized carbons (Fsp3) is 0.500. The molecule has 0 spiro atoms. The Hall–Kier alpha value is -1.69. The van der Waals surface area contributed by atoms with Crippen LogP contribution in [-0.2, 0) is 4.79 Å². The van der Waals surface area contributed by atoms with Crippen molar-refractivity contribution in [1.29, 1.82) is 0 Å². The first-order valence-electron chi connectivity index (χ1n) is 7.43. The molecular formula is C16H22N2O3S. The van der Waals surface area contributed by atoms with Gasteiger partial charge in [-0.3, -0.25) is 9.59 Å². The number of ether oxygens (including phenoxy) is 1. The van der Waals surface area contributed by atoms with Crippen LogP contribution in [0, 0.1) is 0 Å². The molecule has 6 heteroatoms. The van der Waals surface area contributed by atoms with Crippen molar-refractivity contribution in [2.45, 2.75) is 19.9 Å². The minimum absolute atomic E-state index is 0.0336. The van der Waals surface area contributed by atoms with Crippen LogP contribution in [0.1, 0.15) is 24.2 Å². The molecule has 1 aromatic carbocycles. The lowest BCUT2D eigenvalue weighted by Gasteiger charge is -2.28. The van der Waals surface area contributed by atoms with Crippen LogP contribution in [0.3, 0.4) is 0 Å². The van der Waals surface area contributed by atoms with Gasteiger partial charge in [0.25, 0.3) is 5.91 Å². The van der Waals surface area contributed by atoms with E-state index in [1.807, 2.05) is 13.8 Å². The molecule has 1 aliphatic heterocycles. The van der Waals surface area contributed by atoms with Crippen molar-refractivity contribution in [3.63, 3.8) is 0 Å². The number of methoxy groups -OCH3 is 1. The summed E-state index contributed by atoms with van der Waals surface area (Å²) in [5.74, 6) is 1.77. The molecule has 1 saturated heterocycles. The molecule has 2 amide bonds. The molecule has 2 rings (SSSR count). The van der Waals surface area contributed by atoms with Crippen LogP contribution in [-0.4, -0.2) is 59.5 Å². The number of likely N-dealkylation sites (N-methyl/N-ethyl adjacent to an activating group) is 1. The predicted octanol–water partition coefficient (Wildman–Crippen LogP) is 2.08. The van der Waals surface area contributed by atoms with E-state index in [9.17, 15) is 9.59 Å². The van der Waals surface area contributed by atoms with Gasteiger partial charge in [-0.25, -0.2) is 0 Å². The fourth-order valence-electron chi connectivity index (χ4n) is 2.52. The van der Waals surface area contributed by atoms with Gasteiger partial charge in [-0.1, -0.05) is 6.07 Å². The second-order valence-corrected chi connectivity index (χ2v) is 6.03. The molecule has 22 heavy (non-hydrogen) atoms. The number of hydrogen-bond acceptors (Lipinski definition) is 4. The highest BCUT2D eigenvalue weighted by atomic mass is 32.2. The van der Waals surface area contributed by atoms with Gasteiger partial charge in [0.15, 0.2) is 0 Å². The number of benzene rings is 1. The maximum absolute atomic E-state index is 12.7. The number of hydrogen-bond donors (Lipinski definition) is 0. The van der Waals surface area contributed by atoms with Crippen molar-refractivity contribution in [1.82, 2.24) is 9.80 Å². The van der Waals surface area contributed by atoms with Crippen LogP contribution in [0.5, 0.6) is 5.75 Å². The summed E-state index contributed by atoms with van der Waals surface area (Å²) in [5.41, 5.74) is 0.555. The van der Waals surface area contributed by atoms with Gasteiger partial charge >= 0.3 is 0 Å². The molecule has 1 aliphatic rings. The van der Waals surface area contributed by atoms with E-state index < -0.39 is 0 Å². The fourth-order valence-corrected chi connectivity index (χ4v) is 3.66. The smallest absolute Gasteiger partial charge is 0.255 e. The Morgan fingerprint density at radius 2 is 2.09 bits per heavy atom. The van der Waals surface area contributed by atoms with E-state index in [0.717, 1.165) is 0 Å². The Labute approximate surface area is 135 Å². The Bertz CT molecular complexity index is 546. The summed E-state index contributed by atoms with van der Waals surface area (Å²) in [7, 11) is 1.57. The molecule has 0 radical (unpaired) electrons. The second-order valence-electron chi connectivity index (χ2n) is 5.03. The van der Waals surface area contributed by atoms with Gasteiger partial charge in [-0.2, -0.15) is 0 Å². The maximum Gasteiger partial charge on any atom is 0.255 e. The van der Waals surface area contributed by atoms with E-state index in [4.69, 9.17) is 4.74 Å². The lowest BCUT2D eigenvalue weighted by atomic mass is 10.1. The second kappa shape index (κ2) is 7.54. The summed E-state index contributed by atoms with van der Waals surface area (Å²) >= 11 is 1.62. The topological polar surface area (TPSA) is 49.9 Å². The molecule has 0 aromatic heterocycles.